The molecule has 0 aliphatic rings. The quantitative estimate of drug-likeness (QED) is 0.626. The normalized spacial score (nSPS) is 11.4. The van der Waals surface area contributed by atoms with Gasteiger partial charge < -0.3 is 10.5 Å². The van der Waals surface area contributed by atoms with Gasteiger partial charge >= 0.3 is 5.97 Å². The number of ether oxygens (including phenoxy) is 1. The SMILES string of the molecule is CCOC(=O)C=C(C)c1ccc(CCN)cc1. The van der Waals surface area contributed by atoms with E-state index < -0.39 is 0 Å². The number of carbonyl (C=O) groups is 1. The van der Waals surface area contributed by atoms with Crippen molar-refractivity contribution >= 4 is 11.5 Å². The molecule has 1 aromatic carbocycles. The number of benzene rings is 1. The summed E-state index contributed by atoms with van der Waals surface area (Å²) in [7, 11) is 0. The van der Waals surface area contributed by atoms with E-state index in [0.29, 0.717) is 13.2 Å². The molecule has 0 bridgehead atoms. The van der Waals surface area contributed by atoms with Crippen LogP contribution >= 0.6 is 0 Å². The summed E-state index contributed by atoms with van der Waals surface area (Å²) >= 11 is 0. The van der Waals surface area contributed by atoms with E-state index in [2.05, 4.69) is 0 Å². The number of nitrogens with two attached hydrogens (primary N) is 1. The Hall–Kier alpha value is -1.61. The van der Waals surface area contributed by atoms with Crippen LogP contribution in [0.3, 0.4) is 0 Å². The number of rotatable bonds is 5. The van der Waals surface area contributed by atoms with Gasteiger partial charge in [-0.2, -0.15) is 0 Å². The number of carbonyl (C=O) groups excluding carboxylic acids is 1. The molecule has 0 aliphatic carbocycles. The zero-order valence-corrected chi connectivity index (χ0v) is 10.4. The van der Waals surface area contributed by atoms with Gasteiger partial charge in [0, 0.05) is 6.08 Å². The third-order valence-electron chi connectivity index (χ3n) is 2.46. The van der Waals surface area contributed by atoms with E-state index in [1.807, 2.05) is 31.2 Å². The van der Waals surface area contributed by atoms with E-state index in [1.54, 1.807) is 6.92 Å². The van der Waals surface area contributed by atoms with Gasteiger partial charge in [0.1, 0.15) is 0 Å². The van der Waals surface area contributed by atoms with Crippen LogP contribution in [0.2, 0.25) is 0 Å². The summed E-state index contributed by atoms with van der Waals surface area (Å²) < 4.78 is 4.86. The van der Waals surface area contributed by atoms with Crippen LogP contribution in [0.5, 0.6) is 0 Å². The first-order valence-corrected chi connectivity index (χ1v) is 5.81. The van der Waals surface area contributed by atoms with Gasteiger partial charge in [0.15, 0.2) is 0 Å². The van der Waals surface area contributed by atoms with Crippen molar-refractivity contribution in [3.63, 3.8) is 0 Å². The molecule has 0 aliphatic heterocycles. The Morgan fingerprint density at radius 2 is 2.00 bits per heavy atom. The molecule has 0 spiro atoms. The van der Waals surface area contributed by atoms with Gasteiger partial charge in [0.2, 0.25) is 0 Å². The maximum atomic E-state index is 11.3. The van der Waals surface area contributed by atoms with Crippen LogP contribution < -0.4 is 5.73 Å². The molecule has 2 N–H and O–H groups in total. The summed E-state index contributed by atoms with van der Waals surface area (Å²) in [6, 6.07) is 8.06. The molecule has 17 heavy (non-hydrogen) atoms. The average Bonchev–Trinajstić information content (AvgIpc) is 2.30. The van der Waals surface area contributed by atoms with Gasteiger partial charge in [-0.1, -0.05) is 24.3 Å². The first-order valence-electron chi connectivity index (χ1n) is 5.81. The van der Waals surface area contributed by atoms with Crippen molar-refractivity contribution in [3.05, 3.63) is 41.5 Å². The third-order valence-corrected chi connectivity index (χ3v) is 2.46. The van der Waals surface area contributed by atoms with Gasteiger partial charge in [0.05, 0.1) is 6.61 Å². The molecule has 92 valence electrons. The first-order chi connectivity index (χ1) is 8.17. The van der Waals surface area contributed by atoms with E-state index >= 15 is 0 Å². The molecule has 1 aromatic rings. The molecule has 0 heterocycles. The molecular weight excluding hydrogens is 214 g/mol. The Bertz CT molecular complexity index is 393. The lowest BCUT2D eigenvalue weighted by atomic mass is 10.0. The smallest absolute Gasteiger partial charge is 0.331 e. The van der Waals surface area contributed by atoms with Crippen molar-refractivity contribution in [2.75, 3.05) is 13.2 Å². The molecular formula is C14H19NO2. The second kappa shape index (κ2) is 6.86. The fourth-order valence-electron chi connectivity index (χ4n) is 1.55. The van der Waals surface area contributed by atoms with Gasteiger partial charge in [-0.15, -0.1) is 0 Å². The summed E-state index contributed by atoms with van der Waals surface area (Å²) in [6.45, 7) is 4.74. The standard InChI is InChI=1S/C14H19NO2/c1-3-17-14(16)10-11(2)13-6-4-12(5-7-13)8-9-15/h4-7,10H,3,8-9,15H2,1-2H3. The molecule has 0 amide bonds. The lowest BCUT2D eigenvalue weighted by Crippen LogP contribution is -2.02. The zero-order chi connectivity index (χ0) is 12.7. The number of allylic oxidation sites excluding steroid dienone is 1. The second-order valence-electron chi connectivity index (χ2n) is 3.81. The largest absolute Gasteiger partial charge is 0.463 e. The van der Waals surface area contributed by atoms with Gasteiger partial charge in [0.25, 0.3) is 0 Å². The molecule has 1 rings (SSSR count). The minimum absolute atomic E-state index is 0.295. The fraction of sp³-hybridized carbons (Fsp3) is 0.357. The summed E-state index contributed by atoms with van der Waals surface area (Å²) in [4.78, 5) is 11.3. The Balaban J connectivity index is 2.75. The molecule has 0 atom stereocenters. The van der Waals surface area contributed by atoms with Crippen molar-refractivity contribution in [1.82, 2.24) is 0 Å². The molecule has 3 nitrogen and oxygen atoms in total. The van der Waals surface area contributed by atoms with Gasteiger partial charge in [-0.3, -0.25) is 0 Å². The minimum atomic E-state index is -0.295. The van der Waals surface area contributed by atoms with Gasteiger partial charge in [-0.25, -0.2) is 4.79 Å². The average molecular weight is 233 g/mol. The number of hydrogen-bond acceptors (Lipinski definition) is 3. The molecule has 0 fully saturated rings. The third kappa shape index (κ3) is 4.41. The van der Waals surface area contributed by atoms with Gasteiger partial charge in [-0.05, 0) is 43.5 Å². The highest BCUT2D eigenvalue weighted by Crippen LogP contribution is 2.14. The Kier molecular flexibility index (Phi) is 5.43. The maximum Gasteiger partial charge on any atom is 0.331 e. The molecule has 0 saturated carbocycles. The van der Waals surface area contributed by atoms with E-state index in [-0.39, 0.29) is 5.97 Å². The van der Waals surface area contributed by atoms with Crippen LogP contribution in [-0.2, 0) is 16.0 Å². The van der Waals surface area contributed by atoms with Crippen molar-refractivity contribution in [1.29, 1.82) is 0 Å². The Morgan fingerprint density at radius 3 is 2.53 bits per heavy atom. The molecule has 3 heteroatoms. The number of hydrogen-bond donors (Lipinski definition) is 1. The lowest BCUT2D eigenvalue weighted by molar-refractivity contribution is -0.137. The summed E-state index contributed by atoms with van der Waals surface area (Å²) in [5, 5.41) is 0. The maximum absolute atomic E-state index is 11.3. The topological polar surface area (TPSA) is 52.3 Å². The highest BCUT2D eigenvalue weighted by Gasteiger charge is 2.01. The van der Waals surface area contributed by atoms with E-state index in [1.165, 1.54) is 11.6 Å². The summed E-state index contributed by atoms with van der Waals surface area (Å²) in [6.07, 6.45) is 2.39. The van der Waals surface area contributed by atoms with Crippen LogP contribution in [0.15, 0.2) is 30.3 Å². The van der Waals surface area contributed by atoms with Crippen LogP contribution in [-0.4, -0.2) is 19.1 Å². The van der Waals surface area contributed by atoms with Crippen LogP contribution in [0.25, 0.3) is 5.57 Å². The molecule has 0 saturated heterocycles. The van der Waals surface area contributed by atoms with E-state index in [9.17, 15) is 4.79 Å². The second-order valence-corrected chi connectivity index (χ2v) is 3.81. The van der Waals surface area contributed by atoms with Crippen LogP contribution in [0.1, 0.15) is 25.0 Å². The first kappa shape index (κ1) is 13.5. The number of esters is 1. The fourth-order valence-corrected chi connectivity index (χ4v) is 1.55. The Morgan fingerprint density at radius 1 is 1.35 bits per heavy atom. The van der Waals surface area contributed by atoms with Crippen molar-refractivity contribution in [2.24, 2.45) is 5.73 Å². The highest BCUT2D eigenvalue weighted by molar-refractivity contribution is 5.90. The van der Waals surface area contributed by atoms with Crippen LogP contribution in [0.4, 0.5) is 0 Å². The highest BCUT2D eigenvalue weighted by atomic mass is 16.5. The molecule has 0 radical (unpaired) electrons. The monoisotopic (exact) mass is 233 g/mol. The zero-order valence-electron chi connectivity index (χ0n) is 10.4. The van der Waals surface area contributed by atoms with E-state index in [0.717, 1.165) is 17.6 Å². The predicted octanol–water partition coefficient (Wildman–Crippen LogP) is 2.15. The summed E-state index contributed by atoms with van der Waals surface area (Å²) in [5.41, 5.74) is 8.63. The summed E-state index contributed by atoms with van der Waals surface area (Å²) in [5.74, 6) is -0.295. The molecule has 0 unspecified atom stereocenters. The lowest BCUT2D eigenvalue weighted by Gasteiger charge is -2.04. The van der Waals surface area contributed by atoms with Crippen LogP contribution in [0, 0.1) is 0 Å². The predicted molar refractivity (Wildman–Crippen MR) is 69.5 cm³/mol. The Labute approximate surface area is 102 Å². The molecule has 0 aromatic heterocycles. The van der Waals surface area contributed by atoms with Crippen molar-refractivity contribution in [3.8, 4) is 0 Å². The van der Waals surface area contributed by atoms with E-state index in [4.69, 9.17) is 10.5 Å². The minimum Gasteiger partial charge on any atom is -0.463 e. The van der Waals surface area contributed by atoms with Crippen molar-refractivity contribution < 1.29 is 9.53 Å². The van der Waals surface area contributed by atoms with Crippen molar-refractivity contribution in [2.45, 2.75) is 20.3 Å².